The summed E-state index contributed by atoms with van der Waals surface area (Å²) in [6.07, 6.45) is 2.47. The highest BCUT2D eigenvalue weighted by Gasteiger charge is 2.14. The van der Waals surface area contributed by atoms with Gasteiger partial charge in [0.15, 0.2) is 16.7 Å². The Kier molecular flexibility index (Phi) is 5.00. The average molecular weight is 342 g/mol. The molecule has 0 atom stereocenters. The number of carbonyl (C=O) groups excluding carboxylic acids is 1. The number of carbonyl (C=O) groups is 1. The van der Waals surface area contributed by atoms with Crippen molar-refractivity contribution in [2.45, 2.75) is 18.5 Å². The number of thioether (sulfide) groups is 1. The van der Waals surface area contributed by atoms with E-state index >= 15 is 0 Å². The summed E-state index contributed by atoms with van der Waals surface area (Å²) in [5, 5.41) is 11.9. The van der Waals surface area contributed by atoms with Crippen molar-refractivity contribution in [1.82, 2.24) is 14.8 Å². The SMILES string of the molecule is CCc1ccccc1NC(=O)CSc1nnc(-c2ccco2)n1C. The van der Waals surface area contributed by atoms with E-state index < -0.39 is 0 Å². The van der Waals surface area contributed by atoms with Gasteiger partial charge >= 0.3 is 0 Å². The first kappa shape index (κ1) is 16.3. The third-order valence-corrected chi connectivity index (χ3v) is 4.60. The van der Waals surface area contributed by atoms with Gasteiger partial charge in [-0.1, -0.05) is 36.9 Å². The van der Waals surface area contributed by atoms with Crippen LogP contribution in [0.25, 0.3) is 11.6 Å². The topological polar surface area (TPSA) is 73.0 Å². The molecule has 3 rings (SSSR count). The van der Waals surface area contributed by atoms with Crippen molar-refractivity contribution in [1.29, 1.82) is 0 Å². The predicted molar refractivity (Wildman–Crippen MR) is 93.9 cm³/mol. The van der Waals surface area contributed by atoms with Crippen LogP contribution in [0, 0.1) is 0 Å². The molecule has 2 heterocycles. The number of nitrogens with zero attached hydrogens (tertiary/aromatic N) is 3. The van der Waals surface area contributed by atoms with E-state index in [0.717, 1.165) is 17.7 Å². The lowest BCUT2D eigenvalue weighted by Crippen LogP contribution is -2.15. The lowest BCUT2D eigenvalue weighted by Gasteiger charge is -2.09. The Balaban J connectivity index is 1.63. The first-order valence-electron chi connectivity index (χ1n) is 7.63. The maximum absolute atomic E-state index is 12.2. The minimum absolute atomic E-state index is 0.0663. The van der Waals surface area contributed by atoms with Gasteiger partial charge in [0, 0.05) is 12.7 Å². The van der Waals surface area contributed by atoms with Crippen LogP contribution in [-0.4, -0.2) is 26.4 Å². The second-order valence-corrected chi connectivity index (χ2v) is 6.13. The number of aromatic nitrogens is 3. The molecule has 124 valence electrons. The van der Waals surface area contributed by atoms with Crippen molar-refractivity contribution < 1.29 is 9.21 Å². The summed E-state index contributed by atoms with van der Waals surface area (Å²) < 4.78 is 7.15. The monoisotopic (exact) mass is 342 g/mol. The highest BCUT2D eigenvalue weighted by atomic mass is 32.2. The van der Waals surface area contributed by atoms with Crippen LogP contribution in [0.2, 0.25) is 0 Å². The maximum Gasteiger partial charge on any atom is 0.234 e. The molecule has 7 heteroatoms. The number of nitrogens with one attached hydrogen (secondary N) is 1. The van der Waals surface area contributed by atoms with Crippen molar-refractivity contribution in [2.75, 3.05) is 11.1 Å². The van der Waals surface area contributed by atoms with Crippen molar-refractivity contribution in [2.24, 2.45) is 7.05 Å². The number of amides is 1. The summed E-state index contributed by atoms with van der Waals surface area (Å²) in [6.45, 7) is 2.06. The van der Waals surface area contributed by atoms with E-state index in [0.29, 0.717) is 16.7 Å². The zero-order valence-corrected chi connectivity index (χ0v) is 14.3. The molecule has 0 bridgehead atoms. The molecular formula is C17H18N4O2S. The Hall–Kier alpha value is -2.54. The number of hydrogen-bond donors (Lipinski definition) is 1. The number of para-hydroxylation sites is 1. The maximum atomic E-state index is 12.2. The number of rotatable bonds is 6. The number of aryl methyl sites for hydroxylation is 1. The fourth-order valence-electron chi connectivity index (χ4n) is 2.33. The molecule has 6 nitrogen and oxygen atoms in total. The first-order chi connectivity index (χ1) is 11.7. The molecule has 3 aromatic rings. The quantitative estimate of drug-likeness (QED) is 0.695. The molecule has 0 aliphatic carbocycles. The zero-order chi connectivity index (χ0) is 16.9. The van der Waals surface area contributed by atoms with Gasteiger partial charge in [-0.25, -0.2) is 0 Å². The lowest BCUT2D eigenvalue weighted by molar-refractivity contribution is -0.113. The van der Waals surface area contributed by atoms with Crippen LogP contribution in [0.15, 0.2) is 52.2 Å². The van der Waals surface area contributed by atoms with Crippen LogP contribution in [0.3, 0.4) is 0 Å². The van der Waals surface area contributed by atoms with Crippen LogP contribution in [-0.2, 0) is 18.3 Å². The van der Waals surface area contributed by atoms with Gasteiger partial charge in [-0.3, -0.25) is 4.79 Å². The van der Waals surface area contributed by atoms with Gasteiger partial charge in [-0.15, -0.1) is 10.2 Å². The summed E-state index contributed by atoms with van der Waals surface area (Å²) in [7, 11) is 1.85. The third kappa shape index (κ3) is 3.51. The summed E-state index contributed by atoms with van der Waals surface area (Å²) in [5.41, 5.74) is 1.98. The molecule has 1 amide bonds. The standard InChI is InChI=1S/C17H18N4O2S/c1-3-12-7-4-5-8-13(12)18-15(22)11-24-17-20-19-16(21(17)2)14-9-6-10-23-14/h4-10H,3,11H2,1-2H3,(H,18,22). The molecular weight excluding hydrogens is 324 g/mol. The van der Waals surface area contributed by atoms with E-state index in [1.54, 1.807) is 12.3 Å². The smallest absolute Gasteiger partial charge is 0.234 e. The molecule has 1 N–H and O–H groups in total. The second kappa shape index (κ2) is 7.35. The number of hydrogen-bond acceptors (Lipinski definition) is 5. The van der Waals surface area contributed by atoms with Crippen LogP contribution in [0.1, 0.15) is 12.5 Å². The Morgan fingerprint density at radius 3 is 2.83 bits per heavy atom. The molecule has 0 saturated carbocycles. The van der Waals surface area contributed by atoms with Crippen LogP contribution < -0.4 is 5.32 Å². The summed E-state index contributed by atoms with van der Waals surface area (Å²) in [5.74, 6) is 1.49. The van der Waals surface area contributed by atoms with E-state index in [1.807, 2.05) is 41.9 Å². The van der Waals surface area contributed by atoms with Gasteiger partial charge in [0.25, 0.3) is 0 Å². The highest BCUT2D eigenvalue weighted by Crippen LogP contribution is 2.23. The minimum Gasteiger partial charge on any atom is -0.461 e. The molecule has 0 radical (unpaired) electrons. The minimum atomic E-state index is -0.0663. The molecule has 0 aliphatic heterocycles. The molecule has 1 aromatic carbocycles. The predicted octanol–water partition coefficient (Wildman–Crippen LogP) is 3.37. The third-order valence-electron chi connectivity index (χ3n) is 3.58. The van der Waals surface area contributed by atoms with E-state index in [-0.39, 0.29) is 11.7 Å². The van der Waals surface area contributed by atoms with Crippen LogP contribution >= 0.6 is 11.8 Å². The summed E-state index contributed by atoms with van der Waals surface area (Å²) in [4.78, 5) is 12.2. The van der Waals surface area contributed by atoms with Crippen molar-refractivity contribution in [3.8, 4) is 11.6 Å². The fraction of sp³-hybridized carbons (Fsp3) is 0.235. The zero-order valence-electron chi connectivity index (χ0n) is 13.5. The molecule has 2 aromatic heterocycles. The Labute approximate surface area is 144 Å². The molecule has 0 aliphatic rings. The van der Waals surface area contributed by atoms with E-state index in [1.165, 1.54) is 11.8 Å². The van der Waals surface area contributed by atoms with Crippen molar-refractivity contribution in [3.63, 3.8) is 0 Å². The van der Waals surface area contributed by atoms with Crippen molar-refractivity contribution >= 4 is 23.4 Å². The number of benzene rings is 1. The molecule has 0 saturated heterocycles. The normalized spacial score (nSPS) is 10.8. The van der Waals surface area contributed by atoms with Crippen LogP contribution in [0.4, 0.5) is 5.69 Å². The molecule has 0 spiro atoms. The van der Waals surface area contributed by atoms with Gasteiger partial charge in [0.05, 0.1) is 12.0 Å². The first-order valence-corrected chi connectivity index (χ1v) is 8.61. The average Bonchev–Trinajstić information content (AvgIpc) is 3.23. The largest absolute Gasteiger partial charge is 0.461 e. The van der Waals surface area contributed by atoms with Gasteiger partial charge in [0.1, 0.15) is 0 Å². The van der Waals surface area contributed by atoms with Gasteiger partial charge in [-0.2, -0.15) is 0 Å². The molecule has 0 unspecified atom stereocenters. The Morgan fingerprint density at radius 2 is 2.08 bits per heavy atom. The Morgan fingerprint density at radius 1 is 1.25 bits per heavy atom. The van der Waals surface area contributed by atoms with E-state index in [2.05, 4.69) is 22.4 Å². The Bertz CT molecular complexity index is 827. The van der Waals surface area contributed by atoms with E-state index in [9.17, 15) is 4.79 Å². The van der Waals surface area contributed by atoms with E-state index in [4.69, 9.17) is 4.42 Å². The van der Waals surface area contributed by atoms with Crippen LogP contribution in [0.5, 0.6) is 0 Å². The van der Waals surface area contributed by atoms with Gasteiger partial charge in [0.2, 0.25) is 5.91 Å². The lowest BCUT2D eigenvalue weighted by atomic mass is 10.1. The fourth-order valence-corrected chi connectivity index (χ4v) is 3.04. The number of furan rings is 1. The molecule has 0 fully saturated rings. The second-order valence-electron chi connectivity index (χ2n) is 5.19. The van der Waals surface area contributed by atoms with Gasteiger partial charge in [-0.05, 0) is 30.2 Å². The molecule has 24 heavy (non-hydrogen) atoms. The summed E-state index contributed by atoms with van der Waals surface area (Å²) >= 11 is 1.34. The summed E-state index contributed by atoms with van der Waals surface area (Å²) in [6, 6.07) is 11.4. The van der Waals surface area contributed by atoms with Crippen molar-refractivity contribution in [3.05, 3.63) is 48.2 Å². The number of anilines is 1. The highest BCUT2D eigenvalue weighted by molar-refractivity contribution is 7.99. The van der Waals surface area contributed by atoms with Gasteiger partial charge < -0.3 is 14.3 Å².